The van der Waals surface area contributed by atoms with E-state index in [1.54, 1.807) is 4.90 Å². The van der Waals surface area contributed by atoms with Gasteiger partial charge < -0.3 is 14.5 Å². The zero-order valence-corrected chi connectivity index (χ0v) is 11.6. The van der Waals surface area contributed by atoms with Crippen molar-refractivity contribution in [2.75, 3.05) is 38.5 Å². The quantitative estimate of drug-likeness (QED) is 0.771. The highest BCUT2D eigenvalue weighted by Gasteiger charge is 2.25. The van der Waals surface area contributed by atoms with Gasteiger partial charge in [0.15, 0.2) is 0 Å². The predicted molar refractivity (Wildman–Crippen MR) is 70.7 cm³/mol. The topological polar surface area (TPSA) is 49.9 Å². The Hall–Kier alpha value is -0.750. The van der Waals surface area contributed by atoms with Crippen molar-refractivity contribution in [3.8, 4) is 0 Å². The van der Waals surface area contributed by atoms with Crippen LogP contribution in [-0.2, 0) is 9.53 Å². The fraction of sp³-hybridized carbons (Fsp3) is 0.833. The molecule has 2 aliphatic rings. The molecule has 0 spiro atoms. The Morgan fingerprint density at radius 3 is 3.00 bits per heavy atom. The van der Waals surface area contributed by atoms with Gasteiger partial charge in [0.05, 0.1) is 12.7 Å². The Labute approximate surface area is 112 Å². The Morgan fingerprint density at radius 2 is 2.33 bits per heavy atom. The van der Waals surface area contributed by atoms with Crippen LogP contribution >= 0.6 is 11.8 Å². The summed E-state index contributed by atoms with van der Waals surface area (Å²) >= 11 is 1.34. The number of hydrogen-bond donors (Lipinski definition) is 0. The SMILES string of the molecule is CC[C@@H]1CN(C(=O)CCN2CCSC2=O)CCO1. The van der Waals surface area contributed by atoms with E-state index in [9.17, 15) is 9.59 Å². The molecule has 18 heavy (non-hydrogen) atoms. The predicted octanol–water partition coefficient (Wildman–Crippen LogP) is 1.18. The molecule has 0 N–H and O–H groups in total. The van der Waals surface area contributed by atoms with Crippen molar-refractivity contribution in [1.29, 1.82) is 0 Å². The summed E-state index contributed by atoms with van der Waals surface area (Å²) in [5.74, 6) is 0.990. The van der Waals surface area contributed by atoms with Gasteiger partial charge in [0.2, 0.25) is 5.91 Å². The molecule has 0 saturated carbocycles. The summed E-state index contributed by atoms with van der Waals surface area (Å²) in [6.07, 6.45) is 1.54. The summed E-state index contributed by atoms with van der Waals surface area (Å²) < 4.78 is 5.54. The first-order valence-electron chi connectivity index (χ1n) is 6.51. The van der Waals surface area contributed by atoms with Gasteiger partial charge in [0, 0.05) is 38.4 Å². The maximum Gasteiger partial charge on any atom is 0.281 e. The molecule has 102 valence electrons. The number of morpholine rings is 1. The van der Waals surface area contributed by atoms with E-state index in [1.807, 2.05) is 4.90 Å². The second kappa shape index (κ2) is 6.43. The molecule has 0 bridgehead atoms. The lowest BCUT2D eigenvalue weighted by Crippen LogP contribution is -2.46. The molecule has 2 heterocycles. The standard InChI is InChI=1S/C12H20N2O3S/c1-2-10-9-14(5-7-17-10)11(15)3-4-13-6-8-18-12(13)16/h10H,2-9H2,1H3/t10-/m1/s1. The lowest BCUT2D eigenvalue weighted by atomic mass is 10.2. The maximum atomic E-state index is 12.0. The number of amides is 2. The fourth-order valence-corrected chi connectivity index (χ4v) is 3.06. The van der Waals surface area contributed by atoms with Crippen LogP contribution < -0.4 is 0 Å². The first-order chi connectivity index (χ1) is 8.70. The van der Waals surface area contributed by atoms with Crippen LogP contribution in [0.3, 0.4) is 0 Å². The van der Waals surface area contributed by atoms with Gasteiger partial charge in [-0.1, -0.05) is 18.7 Å². The van der Waals surface area contributed by atoms with E-state index in [1.165, 1.54) is 11.8 Å². The average molecular weight is 272 g/mol. The molecular weight excluding hydrogens is 252 g/mol. The third kappa shape index (κ3) is 3.38. The van der Waals surface area contributed by atoms with Crippen LogP contribution in [0.15, 0.2) is 0 Å². The minimum Gasteiger partial charge on any atom is -0.375 e. The lowest BCUT2D eigenvalue weighted by Gasteiger charge is -2.32. The van der Waals surface area contributed by atoms with Crippen molar-refractivity contribution in [3.05, 3.63) is 0 Å². The minimum absolute atomic E-state index is 0.108. The van der Waals surface area contributed by atoms with Gasteiger partial charge in [0.25, 0.3) is 5.24 Å². The fourth-order valence-electron chi connectivity index (χ4n) is 2.21. The van der Waals surface area contributed by atoms with E-state index < -0.39 is 0 Å². The zero-order valence-electron chi connectivity index (χ0n) is 10.8. The van der Waals surface area contributed by atoms with Crippen molar-refractivity contribution in [2.24, 2.45) is 0 Å². The molecule has 5 nitrogen and oxygen atoms in total. The van der Waals surface area contributed by atoms with E-state index >= 15 is 0 Å². The highest BCUT2D eigenvalue weighted by molar-refractivity contribution is 8.13. The molecule has 2 amide bonds. The van der Waals surface area contributed by atoms with E-state index in [-0.39, 0.29) is 17.3 Å². The van der Waals surface area contributed by atoms with Gasteiger partial charge in [-0.25, -0.2) is 0 Å². The molecule has 0 radical (unpaired) electrons. The molecule has 2 fully saturated rings. The van der Waals surface area contributed by atoms with Gasteiger partial charge >= 0.3 is 0 Å². The first kappa shape index (κ1) is 13.7. The van der Waals surface area contributed by atoms with Crippen LogP contribution in [-0.4, -0.2) is 65.6 Å². The molecule has 0 aromatic carbocycles. The van der Waals surface area contributed by atoms with Crippen molar-refractivity contribution in [1.82, 2.24) is 9.80 Å². The second-order valence-electron chi connectivity index (χ2n) is 4.59. The van der Waals surface area contributed by atoms with Crippen LogP contribution in [0.25, 0.3) is 0 Å². The number of carbonyl (C=O) groups is 2. The minimum atomic E-state index is 0.108. The van der Waals surface area contributed by atoms with E-state index in [0.717, 1.165) is 18.7 Å². The largest absolute Gasteiger partial charge is 0.375 e. The Kier molecular flexibility index (Phi) is 4.88. The molecular formula is C12H20N2O3S. The van der Waals surface area contributed by atoms with Crippen LogP contribution in [0, 0.1) is 0 Å². The average Bonchev–Trinajstić information content (AvgIpc) is 2.81. The lowest BCUT2D eigenvalue weighted by molar-refractivity contribution is -0.139. The smallest absolute Gasteiger partial charge is 0.281 e. The molecule has 0 aliphatic carbocycles. The third-order valence-electron chi connectivity index (χ3n) is 3.39. The summed E-state index contributed by atoms with van der Waals surface area (Å²) in [5, 5.41) is 0.108. The van der Waals surface area contributed by atoms with Crippen LogP contribution in [0.2, 0.25) is 0 Å². The van der Waals surface area contributed by atoms with Gasteiger partial charge in [-0.15, -0.1) is 0 Å². The zero-order chi connectivity index (χ0) is 13.0. The number of thioether (sulfide) groups is 1. The molecule has 0 aromatic rings. The first-order valence-corrected chi connectivity index (χ1v) is 7.50. The highest BCUT2D eigenvalue weighted by Crippen LogP contribution is 2.17. The Morgan fingerprint density at radius 1 is 1.50 bits per heavy atom. The molecule has 2 saturated heterocycles. The van der Waals surface area contributed by atoms with Crippen molar-refractivity contribution < 1.29 is 14.3 Å². The molecule has 6 heteroatoms. The summed E-state index contributed by atoms with van der Waals surface area (Å²) in [4.78, 5) is 27.1. The number of ether oxygens (including phenoxy) is 1. The number of hydrogen-bond acceptors (Lipinski definition) is 4. The molecule has 0 unspecified atom stereocenters. The number of carbonyl (C=O) groups excluding carboxylic acids is 2. The van der Waals surface area contributed by atoms with Gasteiger partial charge in [-0.3, -0.25) is 9.59 Å². The van der Waals surface area contributed by atoms with Crippen LogP contribution in [0.4, 0.5) is 4.79 Å². The van der Waals surface area contributed by atoms with Crippen molar-refractivity contribution in [2.45, 2.75) is 25.9 Å². The van der Waals surface area contributed by atoms with Gasteiger partial charge in [-0.05, 0) is 6.42 Å². The third-order valence-corrected chi connectivity index (χ3v) is 4.28. The number of nitrogens with zero attached hydrogens (tertiary/aromatic N) is 2. The molecule has 2 rings (SSSR count). The van der Waals surface area contributed by atoms with Crippen molar-refractivity contribution in [3.63, 3.8) is 0 Å². The maximum absolute atomic E-state index is 12.0. The summed E-state index contributed by atoms with van der Waals surface area (Å²) in [6.45, 7) is 5.40. The monoisotopic (exact) mass is 272 g/mol. The van der Waals surface area contributed by atoms with Crippen molar-refractivity contribution >= 4 is 22.9 Å². The van der Waals surface area contributed by atoms with E-state index in [0.29, 0.717) is 32.7 Å². The molecule has 2 aliphatic heterocycles. The normalized spacial score (nSPS) is 24.7. The van der Waals surface area contributed by atoms with Crippen LogP contribution in [0.5, 0.6) is 0 Å². The summed E-state index contributed by atoms with van der Waals surface area (Å²) in [5.41, 5.74) is 0. The number of rotatable bonds is 4. The summed E-state index contributed by atoms with van der Waals surface area (Å²) in [7, 11) is 0. The van der Waals surface area contributed by atoms with Gasteiger partial charge in [0.1, 0.15) is 0 Å². The Bertz CT molecular complexity index is 324. The summed E-state index contributed by atoms with van der Waals surface area (Å²) in [6, 6.07) is 0. The van der Waals surface area contributed by atoms with Crippen LogP contribution in [0.1, 0.15) is 19.8 Å². The van der Waals surface area contributed by atoms with E-state index in [2.05, 4.69) is 6.92 Å². The molecule has 0 aromatic heterocycles. The second-order valence-corrected chi connectivity index (χ2v) is 5.64. The molecule has 1 atom stereocenters. The Balaban J connectivity index is 1.75. The highest BCUT2D eigenvalue weighted by atomic mass is 32.2. The van der Waals surface area contributed by atoms with E-state index in [4.69, 9.17) is 4.74 Å². The van der Waals surface area contributed by atoms with Gasteiger partial charge in [-0.2, -0.15) is 0 Å².